The molecule has 1 unspecified atom stereocenters. The largest absolute Gasteiger partial charge is 0.381 e. The standard InChI is InChI=1S/C14H23NOS/c1-3-12-5-6-13(17-12)14(15-4-2)11-7-9-16-10-8-11/h5-6,11,14-15H,3-4,7-10H2,1-2H3. The molecule has 2 nitrogen and oxygen atoms in total. The van der Waals surface area contributed by atoms with Crippen LogP contribution in [0.4, 0.5) is 0 Å². The molecule has 1 aromatic heterocycles. The monoisotopic (exact) mass is 253 g/mol. The van der Waals surface area contributed by atoms with E-state index < -0.39 is 0 Å². The van der Waals surface area contributed by atoms with Crippen LogP contribution in [0.3, 0.4) is 0 Å². The summed E-state index contributed by atoms with van der Waals surface area (Å²) in [6.07, 6.45) is 3.53. The summed E-state index contributed by atoms with van der Waals surface area (Å²) in [5, 5.41) is 3.66. The Bertz CT molecular complexity index is 331. The summed E-state index contributed by atoms with van der Waals surface area (Å²) in [6, 6.07) is 5.13. The minimum absolute atomic E-state index is 0.536. The Morgan fingerprint density at radius 2 is 2.12 bits per heavy atom. The van der Waals surface area contributed by atoms with Gasteiger partial charge in [-0.25, -0.2) is 0 Å². The Hall–Kier alpha value is -0.380. The average molecular weight is 253 g/mol. The first-order chi connectivity index (χ1) is 8.35. The van der Waals surface area contributed by atoms with E-state index in [1.54, 1.807) is 0 Å². The Labute approximate surface area is 108 Å². The number of hydrogen-bond acceptors (Lipinski definition) is 3. The molecule has 1 aliphatic rings. The predicted molar refractivity (Wildman–Crippen MR) is 73.7 cm³/mol. The van der Waals surface area contributed by atoms with Gasteiger partial charge in [-0.15, -0.1) is 11.3 Å². The van der Waals surface area contributed by atoms with E-state index >= 15 is 0 Å². The fraction of sp³-hybridized carbons (Fsp3) is 0.714. The van der Waals surface area contributed by atoms with Crippen molar-refractivity contribution in [2.24, 2.45) is 5.92 Å². The fourth-order valence-corrected chi connectivity index (χ4v) is 3.64. The van der Waals surface area contributed by atoms with Gasteiger partial charge in [-0.1, -0.05) is 13.8 Å². The third-order valence-electron chi connectivity index (χ3n) is 3.50. The first kappa shape index (κ1) is 13.1. The summed E-state index contributed by atoms with van der Waals surface area (Å²) >= 11 is 1.97. The van der Waals surface area contributed by atoms with Crippen LogP contribution in [0, 0.1) is 5.92 Å². The second-order valence-corrected chi connectivity index (χ2v) is 5.84. The smallest absolute Gasteiger partial charge is 0.0469 e. The summed E-state index contributed by atoms with van der Waals surface area (Å²) in [6.45, 7) is 7.32. The fourth-order valence-electron chi connectivity index (χ4n) is 2.52. The molecule has 1 N–H and O–H groups in total. The van der Waals surface area contributed by atoms with E-state index in [1.165, 1.54) is 22.6 Å². The normalized spacial score (nSPS) is 19.4. The van der Waals surface area contributed by atoms with Crippen molar-refractivity contribution in [1.29, 1.82) is 0 Å². The highest BCUT2D eigenvalue weighted by Gasteiger charge is 2.25. The van der Waals surface area contributed by atoms with Gasteiger partial charge >= 0.3 is 0 Å². The number of thiophene rings is 1. The maximum Gasteiger partial charge on any atom is 0.0469 e. The number of ether oxygens (including phenoxy) is 1. The van der Waals surface area contributed by atoms with E-state index in [1.807, 2.05) is 11.3 Å². The van der Waals surface area contributed by atoms with E-state index in [4.69, 9.17) is 4.74 Å². The lowest BCUT2D eigenvalue weighted by Gasteiger charge is -2.30. The number of rotatable bonds is 5. The second-order valence-electron chi connectivity index (χ2n) is 4.64. The highest BCUT2D eigenvalue weighted by Crippen LogP contribution is 2.34. The molecule has 1 saturated heterocycles. The summed E-state index contributed by atoms with van der Waals surface area (Å²) in [7, 11) is 0. The average Bonchev–Trinajstić information content (AvgIpc) is 2.85. The lowest BCUT2D eigenvalue weighted by molar-refractivity contribution is 0.0542. The molecule has 96 valence electrons. The maximum atomic E-state index is 5.47. The molecule has 0 aromatic carbocycles. The molecular weight excluding hydrogens is 230 g/mol. The van der Waals surface area contributed by atoms with E-state index in [-0.39, 0.29) is 0 Å². The van der Waals surface area contributed by atoms with Gasteiger partial charge in [-0.05, 0) is 43.9 Å². The molecule has 0 radical (unpaired) electrons. The van der Waals surface area contributed by atoms with Crippen molar-refractivity contribution in [3.8, 4) is 0 Å². The van der Waals surface area contributed by atoms with Crippen LogP contribution in [0.5, 0.6) is 0 Å². The second kappa shape index (κ2) is 6.53. The first-order valence-corrected chi connectivity index (χ1v) is 7.56. The van der Waals surface area contributed by atoms with Gasteiger partial charge in [-0.2, -0.15) is 0 Å². The topological polar surface area (TPSA) is 21.3 Å². The Morgan fingerprint density at radius 1 is 1.35 bits per heavy atom. The predicted octanol–water partition coefficient (Wildman–Crippen LogP) is 3.39. The highest BCUT2D eigenvalue weighted by atomic mass is 32.1. The molecular formula is C14H23NOS. The summed E-state index contributed by atoms with van der Waals surface area (Å²) in [5.41, 5.74) is 0. The molecule has 1 aliphatic heterocycles. The van der Waals surface area contributed by atoms with Crippen LogP contribution < -0.4 is 5.32 Å². The van der Waals surface area contributed by atoms with E-state index in [9.17, 15) is 0 Å². The van der Waals surface area contributed by atoms with Crippen LogP contribution in [0.25, 0.3) is 0 Å². The molecule has 1 atom stereocenters. The molecule has 2 heterocycles. The number of hydrogen-bond donors (Lipinski definition) is 1. The van der Waals surface area contributed by atoms with Crippen molar-refractivity contribution >= 4 is 11.3 Å². The Balaban J connectivity index is 2.09. The van der Waals surface area contributed by atoms with Gasteiger partial charge in [0.15, 0.2) is 0 Å². The SMILES string of the molecule is CCNC(c1ccc(CC)s1)C1CCOCC1. The van der Waals surface area contributed by atoms with Crippen molar-refractivity contribution < 1.29 is 4.74 Å². The minimum atomic E-state index is 0.536. The summed E-state index contributed by atoms with van der Waals surface area (Å²) < 4.78 is 5.47. The first-order valence-electron chi connectivity index (χ1n) is 6.74. The number of nitrogens with one attached hydrogen (secondary N) is 1. The zero-order chi connectivity index (χ0) is 12.1. The summed E-state index contributed by atoms with van der Waals surface area (Å²) in [4.78, 5) is 3.01. The van der Waals surface area contributed by atoms with Crippen LogP contribution in [-0.4, -0.2) is 19.8 Å². The van der Waals surface area contributed by atoms with E-state index in [0.717, 1.165) is 32.1 Å². The van der Waals surface area contributed by atoms with Gasteiger partial charge in [0.25, 0.3) is 0 Å². The van der Waals surface area contributed by atoms with Crippen molar-refractivity contribution in [1.82, 2.24) is 5.32 Å². The molecule has 0 amide bonds. The third-order valence-corrected chi connectivity index (χ3v) is 4.81. The van der Waals surface area contributed by atoms with Gasteiger partial charge in [0.2, 0.25) is 0 Å². The summed E-state index contributed by atoms with van der Waals surface area (Å²) in [5.74, 6) is 0.743. The van der Waals surface area contributed by atoms with Crippen LogP contribution in [-0.2, 0) is 11.2 Å². The minimum Gasteiger partial charge on any atom is -0.381 e. The molecule has 0 spiro atoms. The van der Waals surface area contributed by atoms with Gasteiger partial charge in [-0.3, -0.25) is 0 Å². The Morgan fingerprint density at radius 3 is 2.71 bits per heavy atom. The third kappa shape index (κ3) is 3.30. The Kier molecular flexibility index (Phi) is 5.01. The van der Waals surface area contributed by atoms with Crippen molar-refractivity contribution in [3.63, 3.8) is 0 Å². The highest BCUT2D eigenvalue weighted by molar-refractivity contribution is 7.12. The van der Waals surface area contributed by atoms with Crippen molar-refractivity contribution in [2.75, 3.05) is 19.8 Å². The molecule has 1 aromatic rings. The molecule has 0 bridgehead atoms. The molecule has 0 saturated carbocycles. The number of aryl methyl sites for hydroxylation is 1. The van der Waals surface area contributed by atoms with Gasteiger partial charge in [0.1, 0.15) is 0 Å². The van der Waals surface area contributed by atoms with Gasteiger partial charge < -0.3 is 10.1 Å². The zero-order valence-corrected chi connectivity index (χ0v) is 11.7. The van der Waals surface area contributed by atoms with Crippen molar-refractivity contribution in [3.05, 3.63) is 21.9 Å². The van der Waals surface area contributed by atoms with Crippen LogP contribution in [0.15, 0.2) is 12.1 Å². The van der Waals surface area contributed by atoms with Crippen LogP contribution in [0.2, 0.25) is 0 Å². The van der Waals surface area contributed by atoms with Crippen molar-refractivity contribution in [2.45, 2.75) is 39.2 Å². The van der Waals surface area contributed by atoms with E-state index in [2.05, 4.69) is 31.3 Å². The molecule has 1 fully saturated rings. The maximum absolute atomic E-state index is 5.47. The zero-order valence-electron chi connectivity index (χ0n) is 10.9. The lowest BCUT2D eigenvalue weighted by atomic mass is 9.90. The van der Waals surface area contributed by atoms with Crippen LogP contribution in [0.1, 0.15) is 42.5 Å². The van der Waals surface area contributed by atoms with Crippen LogP contribution >= 0.6 is 11.3 Å². The molecule has 0 aliphatic carbocycles. The van der Waals surface area contributed by atoms with Gasteiger partial charge in [0.05, 0.1) is 0 Å². The quantitative estimate of drug-likeness (QED) is 0.868. The van der Waals surface area contributed by atoms with Gasteiger partial charge in [0, 0.05) is 29.0 Å². The lowest BCUT2D eigenvalue weighted by Crippen LogP contribution is -2.31. The molecule has 17 heavy (non-hydrogen) atoms. The molecule has 3 heteroatoms. The van der Waals surface area contributed by atoms with E-state index in [0.29, 0.717) is 6.04 Å². The molecule has 2 rings (SSSR count).